The van der Waals surface area contributed by atoms with Crippen LogP contribution in [0.2, 0.25) is 5.02 Å². The van der Waals surface area contributed by atoms with Crippen LogP contribution in [-0.2, 0) is 9.47 Å². The van der Waals surface area contributed by atoms with Gasteiger partial charge in [-0.1, -0.05) is 35.9 Å². The van der Waals surface area contributed by atoms with Crippen molar-refractivity contribution in [3.63, 3.8) is 0 Å². The molecule has 2 aromatic heterocycles. The first kappa shape index (κ1) is 39.5. The molecule has 2 aromatic carbocycles. The van der Waals surface area contributed by atoms with Gasteiger partial charge in [0.1, 0.15) is 40.7 Å². The summed E-state index contributed by atoms with van der Waals surface area (Å²) in [6.45, 7) is 9.00. The van der Waals surface area contributed by atoms with E-state index in [9.17, 15) is 28.0 Å². The number of fused-ring (bicyclic) bond motifs is 2. The lowest BCUT2D eigenvalue weighted by Gasteiger charge is -2.41. The predicted molar refractivity (Wildman–Crippen MR) is 196 cm³/mol. The Labute approximate surface area is 319 Å². The fraction of sp³-hybridized carbons (Fsp3) is 0.474. The first-order chi connectivity index (χ1) is 25.7. The van der Waals surface area contributed by atoms with Crippen LogP contribution >= 0.6 is 11.6 Å². The van der Waals surface area contributed by atoms with Gasteiger partial charge < -0.3 is 24.0 Å². The Morgan fingerprint density at radius 3 is 2.35 bits per heavy atom. The number of nitriles is 1. The van der Waals surface area contributed by atoms with E-state index in [0.29, 0.717) is 5.39 Å². The van der Waals surface area contributed by atoms with Gasteiger partial charge >= 0.3 is 18.2 Å². The Morgan fingerprint density at radius 1 is 0.982 bits per heavy atom. The molecular formula is C38H40ClF4N7O5. The number of ether oxygens (including phenoxy) is 3. The SMILES string of the molecule is CC(C)(C)OC(=O)N1CCN(c2nc(OC[C@@H]3CC(F)(F)CN3C(=O)OC(C)(C)C)nc3c(F)c(-c4cccc5ccc(F)c(Cl)c45)ncc23)C[C@@H]1CC#N. The zero-order valence-corrected chi connectivity index (χ0v) is 31.9. The van der Waals surface area contributed by atoms with Crippen molar-refractivity contribution in [2.75, 3.05) is 37.7 Å². The van der Waals surface area contributed by atoms with Crippen molar-refractivity contribution in [3.05, 3.63) is 53.2 Å². The summed E-state index contributed by atoms with van der Waals surface area (Å²) in [6.07, 6.45) is -0.990. The number of alkyl halides is 2. The molecule has 2 fully saturated rings. The van der Waals surface area contributed by atoms with E-state index in [-0.39, 0.29) is 64.4 Å². The number of aromatic nitrogens is 3. The molecule has 6 rings (SSSR count). The molecule has 0 aliphatic carbocycles. The Balaban J connectivity index is 1.42. The minimum absolute atomic E-state index is 0.0618. The number of carbonyl (C=O) groups excluding carboxylic acids is 2. The van der Waals surface area contributed by atoms with Crippen molar-refractivity contribution in [2.45, 2.75) is 83.6 Å². The Morgan fingerprint density at radius 2 is 1.67 bits per heavy atom. The second kappa shape index (κ2) is 14.8. The summed E-state index contributed by atoms with van der Waals surface area (Å²) in [5.74, 6) is -4.73. The number of benzene rings is 2. The average Bonchev–Trinajstić information content (AvgIpc) is 3.41. The number of halogens is 5. The van der Waals surface area contributed by atoms with E-state index in [4.69, 9.17) is 25.8 Å². The Kier molecular flexibility index (Phi) is 10.6. The molecule has 2 amide bonds. The molecule has 0 bridgehead atoms. The van der Waals surface area contributed by atoms with Crippen LogP contribution in [0.25, 0.3) is 32.9 Å². The fourth-order valence-electron chi connectivity index (χ4n) is 6.66. The summed E-state index contributed by atoms with van der Waals surface area (Å²) in [6, 6.07) is 7.49. The molecule has 4 aromatic rings. The van der Waals surface area contributed by atoms with Crippen molar-refractivity contribution in [1.82, 2.24) is 24.8 Å². The monoisotopic (exact) mass is 785 g/mol. The number of piperazine rings is 1. The summed E-state index contributed by atoms with van der Waals surface area (Å²) in [7, 11) is 0. The largest absolute Gasteiger partial charge is 0.461 e. The van der Waals surface area contributed by atoms with E-state index in [1.54, 1.807) is 58.6 Å². The summed E-state index contributed by atoms with van der Waals surface area (Å²) in [5, 5.41) is 10.3. The quantitative estimate of drug-likeness (QED) is 0.176. The van der Waals surface area contributed by atoms with Crippen molar-refractivity contribution in [1.29, 1.82) is 5.26 Å². The van der Waals surface area contributed by atoms with Crippen LogP contribution in [-0.4, -0.2) is 98.9 Å². The van der Waals surface area contributed by atoms with E-state index in [1.807, 2.05) is 0 Å². The van der Waals surface area contributed by atoms with Crippen molar-refractivity contribution in [3.8, 4) is 23.3 Å². The molecule has 17 heteroatoms. The first-order valence-electron chi connectivity index (χ1n) is 17.6. The lowest BCUT2D eigenvalue weighted by atomic mass is 10.0. The topological polar surface area (TPSA) is 134 Å². The maximum Gasteiger partial charge on any atom is 0.410 e. The zero-order chi connectivity index (χ0) is 40.0. The van der Waals surface area contributed by atoms with E-state index in [1.165, 1.54) is 29.3 Å². The molecular weight excluding hydrogens is 746 g/mol. The number of carbonyl (C=O) groups is 2. The molecule has 0 N–H and O–H groups in total. The van der Waals surface area contributed by atoms with E-state index >= 15 is 4.39 Å². The van der Waals surface area contributed by atoms with E-state index in [2.05, 4.69) is 21.0 Å². The third kappa shape index (κ3) is 8.56. The summed E-state index contributed by atoms with van der Waals surface area (Å²) < 4.78 is 77.8. The number of pyridine rings is 1. The van der Waals surface area contributed by atoms with E-state index in [0.717, 1.165) is 4.90 Å². The molecule has 2 aliphatic rings. The number of likely N-dealkylation sites (tertiary alicyclic amines) is 1. The smallest absolute Gasteiger partial charge is 0.410 e. The van der Waals surface area contributed by atoms with Gasteiger partial charge in [0, 0.05) is 43.2 Å². The third-order valence-corrected chi connectivity index (χ3v) is 9.35. The molecule has 2 saturated heterocycles. The van der Waals surface area contributed by atoms with Gasteiger partial charge in [-0.25, -0.2) is 27.2 Å². The molecule has 12 nitrogen and oxygen atoms in total. The van der Waals surface area contributed by atoms with Gasteiger partial charge in [0.15, 0.2) is 5.82 Å². The molecule has 55 heavy (non-hydrogen) atoms. The summed E-state index contributed by atoms with van der Waals surface area (Å²) >= 11 is 6.38. The molecule has 292 valence electrons. The first-order valence-corrected chi connectivity index (χ1v) is 18.0. The maximum atomic E-state index is 16.9. The normalized spacial score (nSPS) is 18.8. The minimum atomic E-state index is -3.23. The number of hydrogen-bond donors (Lipinski definition) is 0. The zero-order valence-electron chi connectivity index (χ0n) is 31.1. The molecule has 0 radical (unpaired) electrons. The van der Waals surface area contributed by atoms with Crippen LogP contribution in [0.4, 0.5) is 33.0 Å². The van der Waals surface area contributed by atoms with Crippen LogP contribution in [0.5, 0.6) is 6.01 Å². The van der Waals surface area contributed by atoms with Crippen molar-refractivity contribution >= 4 is 51.3 Å². The van der Waals surface area contributed by atoms with Gasteiger partial charge in [-0.15, -0.1) is 0 Å². The second-order valence-corrected chi connectivity index (χ2v) is 15.9. The highest BCUT2D eigenvalue weighted by Crippen LogP contribution is 2.39. The summed E-state index contributed by atoms with van der Waals surface area (Å²) in [5.41, 5.74) is -2.02. The minimum Gasteiger partial charge on any atom is -0.461 e. The molecule has 0 saturated carbocycles. The molecule has 2 atom stereocenters. The Bertz CT molecular complexity index is 2190. The molecule has 0 spiro atoms. The highest BCUT2D eigenvalue weighted by Gasteiger charge is 2.48. The molecule has 2 aliphatic heterocycles. The average molecular weight is 786 g/mol. The molecule has 4 heterocycles. The number of nitrogens with zero attached hydrogens (tertiary/aromatic N) is 7. The van der Waals surface area contributed by atoms with Crippen LogP contribution < -0.4 is 9.64 Å². The standard InChI is InChI=1S/C38H40ClF4N7O5/c1-36(2,3)54-34(51)49-15-14-48(18-22(49)12-13-44)32-25-17-45-30(24-9-7-8-21-10-11-26(40)28(39)27(21)24)29(41)31(25)46-33(47-32)53-19-23-16-38(42,43)20-50(23)35(52)55-37(4,5)6/h7-11,17,22-23H,12,14-16,18-20H2,1-6H3/t22-,23-/m0/s1. The van der Waals surface area contributed by atoms with Gasteiger partial charge in [-0.3, -0.25) is 9.88 Å². The van der Waals surface area contributed by atoms with Crippen LogP contribution in [0.1, 0.15) is 54.4 Å². The van der Waals surface area contributed by atoms with Gasteiger partial charge in [-0.2, -0.15) is 15.2 Å². The van der Waals surface area contributed by atoms with Crippen molar-refractivity contribution < 1.29 is 41.4 Å². The Hall–Kier alpha value is -5.17. The lowest BCUT2D eigenvalue weighted by molar-refractivity contribution is -0.00277. The maximum absolute atomic E-state index is 16.9. The fourth-order valence-corrected chi connectivity index (χ4v) is 6.94. The third-order valence-electron chi connectivity index (χ3n) is 8.98. The highest BCUT2D eigenvalue weighted by atomic mass is 35.5. The van der Waals surface area contributed by atoms with Gasteiger partial charge in [0.2, 0.25) is 0 Å². The summed E-state index contributed by atoms with van der Waals surface area (Å²) in [4.78, 5) is 43.5. The van der Waals surface area contributed by atoms with Crippen LogP contribution in [0.3, 0.4) is 0 Å². The van der Waals surface area contributed by atoms with Gasteiger partial charge in [0.05, 0.1) is 41.5 Å². The van der Waals surface area contributed by atoms with Gasteiger partial charge in [-0.05, 0) is 53.0 Å². The number of hydrogen-bond acceptors (Lipinski definition) is 10. The van der Waals surface area contributed by atoms with Crippen molar-refractivity contribution in [2.24, 2.45) is 0 Å². The van der Waals surface area contributed by atoms with E-state index < -0.39 is 78.6 Å². The molecule has 0 unspecified atom stereocenters. The lowest BCUT2D eigenvalue weighted by Crippen LogP contribution is -2.56. The van der Waals surface area contributed by atoms with Crippen LogP contribution in [0.15, 0.2) is 36.5 Å². The number of amides is 2. The number of rotatable bonds is 6. The number of anilines is 1. The predicted octanol–water partition coefficient (Wildman–Crippen LogP) is 8.14. The second-order valence-electron chi connectivity index (χ2n) is 15.5. The highest BCUT2D eigenvalue weighted by molar-refractivity contribution is 6.36. The van der Waals surface area contributed by atoms with Crippen LogP contribution in [0, 0.1) is 23.0 Å². The van der Waals surface area contributed by atoms with Gasteiger partial charge in [0.25, 0.3) is 5.92 Å².